The van der Waals surface area contributed by atoms with Gasteiger partial charge in [-0.2, -0.15) is 13.2 Å². The molecule has 3 N–H and O–H groups in total. The molecule has 8 nitrogen and oxygen atoms in total. The summed E-state index contributed by atoms with van der Waals surface area (Å²) in [5.41, 5.74) is -0.870. The van der Waals surface area contributed by atoms with E-state index in [4.69, 9.17) is 14.2 Å². The highest BCUT2D eigenvalue weighted by Gasteiger charge is 2.75. The predicted octanol–water partition coefficient (Wildman–Crippen LogP) is 8.31. The summed E-state index contributed by atoms with van der Waals surface area (Å²) in [5.74, 6) is 1.55. The fourth-order valence-electron chi connectivity index (χ4n) is 10.4. The molecule has 6 atom stereocenters. The molecule has 3 aromatic rings. The number of aliphatic hydroxyl groups is 2. The predicted molar refractivity (Wildman–Crippen MR) is 215 cm³/mol. The third-order valence-electron chi connectivity index (χ3n) is 13.6. The summed E-state index contributed by atoms with van der Waals surface area (Å²) < 4.78 is 59.2. The molecule has 2 bridgehead atoms. The van der Waals surface area contributed by atoms with Crippen LogP contribution in [0.4, 0.5) is 13.2 Å². The smallest absolute Gasteiger partial charge is 0.416 e. The van der Waals surface area contributed by atoms with E-state index in [1.54, 1.807) is 6.07 Å². The van der Waals surface area contributed by atoms with Crippen LogP contribution in [-0.2, 0) is 22.7 Å². The number of nitrogens with zero attached hydrogens (tertiary/aromatic N) is 2. The highest BCUT2D eigenvalue weighted by Crippen LogP contribution is 2.67. The van der Waals surface area contributed by atoms with Crippen molar-refractivity contribution in [3.8, 4) is 17.2 Å². The molecule has 2 unspecified atom stereocenters. The minimum atomic E-state index is -4.43. The van der Waals surface area contributed by atoms with Gasteiger partial charge in [-0.1, -0.05) is 56.0 Å². The maximum atomic E-state index is 13.3. The summed E-state index contributed by atoms with van der Waals surface area (Å²) in [6.07, 6.45) is 0.858. The fraction of sp³-hybridized carbons (Fsp3) is 0.600. The molecule has 1 spiro atoms. The van der Waals surface area contributed by atoms with Crippen LogP contribution in [0.1, 0.15) is 79.7 Å². The second kappa shape index (κ2) is 15.5. The molecule has 0 amide bonds. The van der Waals surface area contributed by atoms with Crippen LogP contribution in [0.25, 0.3) is 0 Å². The third kappa shape index (κ3) is 7.99. The first-order chi connectivity index (χ1) is 27.1. The van der Waals surface area contributed by atoms with E-state index in [2.05, 4.69) is 29.4 Å². The first kappa shape index (κ1) is 40.6. The van der Waals surface area contributed by atoms with Crippen molar-refractivity contribution in [1.82, 2.24) is 9.80 Å². The number of alkyl halides is 3. The Balaban J connectivity index is 0.990. The Labute approximate surface area is 335 Å². The zero-order valence-electron chi connectivity index (χ0n) is 33.6. The number of aromatic hydroxyl groups is 1. The normalized spacial score (nSPS) is 28.6. The molecule has 3 aromatic carbocycles. The Kier molecular flexibility index (Phi) is 11.0. The van der Waals surface area contributed by atoms with Crippen molar-refractivity contribution in [3.63, 3.8) is 0 Å². The fourth-order valence-corrected chi connectivity index (χ4v) is 11.2. The van der Waals surface area contributed by atoms with Gasteiger partial charge in [-0.05, 0) is 111 Å². The molecule has 12 heteroatoms. The number of ether oxygens (including phenoxy) is 3. The van der Waals surface area contributed by atoms with Gasteiger partial charge < -0.3 is 29.5 Å². The molecule has 1 saturated heterocycles. The zero-order valence-corrected chi connectivity index (χ0v) is 34.6. The molecule has 310 valence electrons. The number of likely N-dealkylation sites (tertiary alicyclic amines) is 1. The van der Waals surface area contributed by atoms with E-state index < -0.39 is 48.6 Å². The Bertz CT molecular complexity index is 1870. The number of piperidine rings is 1. The van der Waals surface area contributed by atoms with Crippen molar-refractivity contribution >= 4 is 8.07 Å². The quantitative estimate of drug-likeness (QED) is 0.0713. The number of hydrogen-bond donors (Lipinski definition) is 3. The SMILES string of the molecule is C[Si](C)(C)CCOCN(CCC[C@]1(O)CC[C@@]2(O)[C@H]3Cc4ccc(O)c5c4[C@@]2(CCN3CC2CC2)C1O5)CCC(Oc1ccc(C(F)(F)F)cc1)c1ccccc1. The van der Waals surface area contributed by atoms with E-state index in [0.29, 0.717) is 88.8 Å². The van der Waals surface area contributed by atoms with Crippen LogP contribution in [0.15, 0.2) is 66.7 Å². The van der Waals surface area contributed by atoms with Crippen LogP contribution in [0.3, 0.4) is 0 Å². The maximum Gasteiger partial charge on any atom is 0.416 e. The summed E-state index contributed by atoms with van der Waals surface area (Å²) >= 11 is 0. The summed E-state index contributed by atoms with van der Waals surface area (Å²) in [4.78, 5) is 4.74. The lowest BCUT2D eigenvalue weighted by molar-refractivity contribution is -0.237. The number of rotatable bonds is 17. The second-order valence-corrected chi connectivity index (χ2v) is 24.4. The highest BCUT2D eigenvalue weighted by molar-refractivity contribution is 6.76. The third-order valence-corrected chi connectivity index (χ3v) is 15.3. The van der Waals surface area contributed by atoms with Gasteiger partial charge in [0.15, 0.2) is 11.5 Å². The monoisotopic (exact) mass is 808 g/mol. The van der Waals surface area contributed by atoms with E-state index in [1.165, 1.54) is 25.0 Å². The zero-order chi connectivity index (χ0) is 40.2. The molecule has 2 heterocycles. The Hall–Kier alpha value is -3.13. The van der Waals surface area contributed by atoms with Gasteiger partial charge >= 0.3 is 6.18 Å². The topological polar surface area (TPSA) is 94.9 Å². The van der Waals surface area contributed by atoms with Gasteiger partial charge in [-0.3, -0.25) is 9.80 Å². The number of benzene rings is 3. The molecule has 8 rings (SSSR count). The van der Waals surface area contributed by atoms with E-state index >= 15 is 0 Å². The molecule has 3 fully saturated rings. The minimum absolute atomic E-state index is 0.0587. The van der Waals surface area contributed by atoms with Crippen molar-refractivity contribution in [2.45, 2.75) is 125 Å². The molecule has 2 saturated carbocycles. The molecule has 3 aliphatic carbocycles. The molecule has 5 aliphatic rings. The minimum Gasteiger partial charge on any atom is -0.504 e. The van der Waals surface area contributed by atoms with Crippen molar-refractivity contribution in [1.29, 1.82) is 0 Å². The average molecular weight is 809 g/mol. The Morgan fingerprint density at radius 1 is 0.965 bits per heavy atom. The van der Waals surface area contributed by atoms with E-state index in [0.717, 1.165) is 48.0 Å². The van der Waals surface area contributed by atoms with Crippen LogP contribution in [0, 0.1) is 5.92 Å². The lowest BCUT2D eigenvalue weighted by Gasteiger charge is -2.65. The van der Waals surface area contributed by atoms with Gasteiger partial charge in [0.05, 0.1) is 23.3 Å². The van der Waals surface area contributed by atoms with Crippen molar-refractivity contribution in [2.75, 3.05) is 39.5 Å². The molecule has 2 aliphatic heterocycles. The van der Waals surface area contributed by atoms with Gasteiger partial charge in [-0.15, -0.1) is 0 Å². The van der Waals surface area contributed by atoms with Crippen LogP contribution < -0.4 is 9.47 Å². The average Bonchev–Trinajstić information content (AvgIpc) is 3.91. The van der Waals surface area contributed by atoms with Gasteiger partial charge in [0.2, 0.25) is 0 Å². The lowest BCUT2D eigenvalue weighted by Crippen LogP contribution is -2.79. The first-order valence-electron chi connectivity index (χ1n) is 21.0. The van der Waals surface area contributed by atoms with Gasteiger partial charge in [-0.25, -0.2) is 0 Å². The molecule has 57 heavy (non-hydrogen) atoms. The van der Waals surface area contributed by atoms with E-state index in [9.17, 15) is 28.5 Å². The highest BCUT2D eigenvalue weighted by atomic mass is 28.3. The van der Waals surface area contributed by atoms with Gasteiger partial charge in [0, 0.05) is 52.3 Å². The van der Waals surface area contributed by atoms with Crippen LogP contribution in [-0.4, -0.2) is 96.1 Å². The molecular formula is C45H59F3N2O6Si. The first-order valence-corrected chi connectivity index (χ1v) is 24.7. The van der Waals surface area contributed by atoms with Gasteiger partial charge in [0.1, 0.15) is 23.6 Å². The van der Waals surface area contributed by atoms with Crippen LogP contribution in [0.5, 0.6) is 17.2 Å². The molecular weight excluding hydrogens is 750 g/mol. The Morgan fingerprint density at radius 2 is 1.72 bits per heavy atom. The summed E-state index contributed by atoms with van der Waals surface area (Å²) in [6.45, 7) is 11.1. The van der Waals surface area contributed by atoms with E-state index in [1.807, 2.05) is 36.4 Å². The molecule has 0 aromatic heterocycles. The maximum absolute atomic E-state index is 13.3. The van der Waals surface area contributed by atoms with Crippen molar-refractivity contribution in [2.24, 2.45) is 5.92 Å². The number of hydrogen-bond acceptors (Lipinski definition) is 8. The molecule has 0 radical (unpaired) electrons. The van der Waals surface area contributed by atoms with Crippen molar-refractivity contribution < 1.29 is 42.7 Å². The number of halogens is 3. The summed E-state index contributed by atoms with van der Waals surface area (Å²) in [5, 5.41) is 36.7. The standard InChI is InChI=1S/C45H59F3N2O6Si/c1-57(2,3)27-26-54-30-49(24-18-37(32-8-5-4-6-9-32)55-35-15-13-34(14-16-35)45(46,47)48)23-7-19-42(52)20-21-44(53)38-28-33-12-17-36(51)40-39(33)43(44,41(42)56-40)22-25-50(38)29-31-10-11-31/h4-6,8-9,12-17,31,37-38,41,51-53H,7,10-11,18-30H2,1-3H3/t37?,38-,41?,42+,43+,44-/m1/s1. The van der Waals surface area contributed by atoms with Gasteiger partial charge in [0.25, 0.3) is 0 Å². The largest absolute Gasteiger partial charge is 0.504 e. The second-order valence-electron chi connectivity index (χ2n) is 18.8. The lowest BCUT2D eigenvalue weighted by atomic mass is 9.46. The number of phenolic OH excluding ortho intramolecular Hbond substituents is 1. The van der Waals surface area contributed by atoms with E-state index in [-0.39, 0.29) is 11.8 Å². The number of phenols is 1. The Morgan fingerprint density at radius 3 is 2.42 bits per heavy atom. The summed E-state index contributed by atoms with van der Waals surface area (Å²) in [7, 11) is -1.32. The summed E-state index contributed by atoms with van der Waals surface area (Å²) in [6, 6.07) is 19.2. The van der Waals surface area contributed by atoms with Crippen molar-refractivity contribution in [3.05, 3.63) is 89.0 Å². The van der Waals surface area contributed by atoms with Crippen LogP contribution in [0.2, 0.25) is 25.7 Å². The van der Waals surface area contributed by atoms with Crippen LogP contribution >= 0.6 is 0 Å².